The molecule has 0 aliphatic heterocycles. The van der Waals surface area contributed by atoms with Gasteiger partial charge in [-0.15, -0.1) is 0 Å². The highest BCUT2D eigenvalue weighted by Crippen LogP contribution is 2.23. The van der Waals surface area contributed by atoms with Gasteiger partial charge in [0, 0.05) is 17.6 Å². The van der Waals surface area contributed by atoms with E-state index < -0.39 is 10.0 Å². The van der Waals surface area contributed by atoms with Gasteiger partial charge < -0.3 is 9.72 Å². The number of methoxy groups -OCH3 is 1. The van der Waals surface area contributed by atoms with Gasteiger partial charge in [-0.2, -0.15) is 4.98 Å². The minimum absolute atomic E-state index is 0.182. The number of hydrogen-bond acceptors (Lipinski definition) is 7. The number of fused-ring (bicyclic) bond motifs is 3. The molecule has 0 spiro atoms. The zero-order valence-corrected chi connectivity index (χ0v) is 14.9. The molecule has 4 aromatic rings. The Balaban J connectivity index is 1.85. The zero-order chi connectivity index (χ0) is 19.2. The largest absolute Gasteiger partial charge is 0.481 e. The van der Waals surface area contributed by atoms with Crippen molar-refractivity contribution in [3.05, 3.63) is 52.7 Å². The van der Waals surface area contributed by atoms with E-state index >= 15 is 0 Å². The smallest absolute Gasteiger partial charge is 0.326 e. The molecule has 0 aromatic carbocycles. The van der Waals surface area contributed by atoms with Gasteiger partial charge in [0.25, 0.3) is 10.0 Å². The highest BCUT2D eigenvalue weighted by molar-refractivity contribution is 7.89. The molecule has 3 N–H and O–H groups in total. The summed E-state index contributed by atoms with van der Waals surface area (Å²) in [4.78, 5) is 27.6. The molecule has 0 bridgehead atoms. The van der Waals surface area contributed by atoms with E-state index in [4.69, 9.17) is 9.88 Å². The molecular formula is C16H14N6O4S. The molecule has 0 fully saturated rings. The highest BCUT2D eigenvalue weighted by atomic mass is 32.2. The Labute approximate surface area is 152 Å². The predicted octanol–water partition coefficient (Wildman–Crippen LogP) is 0.372. The molecule has 0 radical (unpaired) electrons. The third-order valence-corrected chi connectivity index (χ3v) is 4.90. The molecule has 10 nitrogen and oxygen atoms in total. The topological polar surface area (TPSA) is 146 Å². The number of ether oxygens (including phenoxy) is 1. The molecule has 138 valence electrons. The Bertz CT molecular complexity index is 1330. The summed E-state index contributed by atoms with van der Waals surface area (Å²) in [6.07, 6.45) is 2.90. The number of primary sulfonamides is 1. The second-order valence-electron chi connectivity index (χ2n) is 5.81. The van der Waals surface area contributed by atoms with Crippen LogP contribution in [0.2, 0.25) is 0 Å². The zero-order valence-electron chi connectivity index (χ0n) is 14.1. The lowest BCUT2D eigenvalue weighted by Gasteiger charge is -2.07. The minimum Gasteiger partial charge on any atom is -0.481 e. The maximum Gasteiger partial charge on any atom is 0.326 e. The van der Waals surface area contributed by atoms with Crippen LogP contribution in [0.15, 0.2) is 46.5 Å². The van der Waals surface area contributed by atoms with Crippen LogP contribution in [0.5, 0.6) is 5.88 Å². The molecule has 0 saturated carbocycles. The Morgan fingerprint density at radius 2 is 2.00 bits per heavy atom. The van der Waals surface area contributed by atoms with E-state index in [-0.39, 0.29) is 17.3 Å². The van der Waals surface area contributed by atoms with Gasteiger partial charge in [-0.05, 0) is 17.7 Å². The predicted molar refractivity (Wildman–Crippen MR) is 96.9 cm³/mol. The van der Waals surface area contributed by atoms with E-state index in [1.807, 2.05) is 0 Å². The summed E-state index contributed by atoms with van der Waals surface area (Å²) in [5.41, 5.74) is 1.95. The normalized spacial score (nSPS) is 11.9. The number of nitrogens with one attached hydrogen (secondary N) is 1. The molecule has 11 heteroatoms. The molecular weight excluding hydrogens is 372 g/mol. The summed E-state index contributed by atoms with van der Waals surface area (Å²) in [6.45, 7) is 0.182. The molecule has 4 rings (SSSR count). The molecule has 4 heterocycles. The van der Waals surface area contributed by atoms with Crippen molar-refractivity contribution in [3.8, 4) is 5.88 Å². The maximum atomic E-state index is 12.4. The molecule has 0 unspecified atom stereocenters. The molecule has 27 heavy (non-hydrogen) atoms. The summed E-state index contributed by atoms with van der Waals surface area (Å²) < 4.78 is 29.3. The van der Waals surface area contributed by atoms with E-state index in [0.717, 1.165) is 0 Å². The second kappa shape index (κ2) is 6.14. The number of imidazole rings is 1. The minimum atomic E-state index is -3.87. The molecule has 0 amide bonds. The van der Waals surface area contributed by atoms with Gasteiger partial charge in [-0.1, -0.05) is 6.07 Å². The van der Waals surface area contributed by atoms with E-state index in [2.05, 4.69) is 19.9 Å². The van der Waals surface area contributed by atoms with Gasteiger partial charge in [-0.3, -0.25) is 4.57 Å². The Kier molecular flexibility index (Phi) is 3.89. The molecule has 0 atom stereocenters. The van der Waals surface area contributed by atoms with Gasteiger partial charge in [0.05, 0.1) is 30.9 Å². The lowest BCUT2D eigenvalue weighted by atomic mass is 10.2. The fourth-order valence-corrected chi connectivity index (χ4v) is 3.29. The number of nitrogens with two attached hydrogens (primary N) is 1. The third-order valence-electron chi connectivity index (χ3n) is 4.07. The average Bonchev–Trinajstić information content (AvgIpc) is 2.96. The van der Waals surface area contributed by atoms with Crippen LogP contribution < -0.4 is 15.6 Å². The fourth-order valence-electron chi connectivity index (χ4n) is 2.83. The number of nitrogens with zero attached hydrogens (tertiary/aromatic N) is 4. The number of sulfonamides is 1. The fraction of sp³-hybridized carbons (Fsp3) is 0.125. The van der Waals surface area contributed by atoms with Gasteiger partial charge in [-0.25, -0.2) is 28.3 Å². The first kappa shape index (κ1) is 17.1. The van der Waals surface area contributed by atoms with Gasteiger partial charge in [0.15, 0.2) is 10.7 Å². The number of pyridine rings is 3. The van der Waals surface area contributed by atoms with Crippen LogP contribution >= 0.6 is 0 Å². The average molecular weight is 386 g/mol. The van der Waals surface area contributed by atoms with Gasteiger partial charge in [0.2, 0.25) is 5.88 Å². The van der Waals surface area contributed by atoms with Crippen molar-refractivity contribution in [2.45, 2.75) is 11.6 Å². The van der Waals surface area contributed by atoms with Gasteiger partial charge >= 0.3 is 5.69 Å². The second-order valence-corrected chi connectivity index (χ2v) is 7.32. The molecule has 0 aliphatic carbocycles. The molecule has 0 aliphatic rings. The van der Waals surface area contributed by atoms with E-state index in [1.54, 1.807) is 18.2 Å². The first-order valence-electron chi connectivity index (χ1n) is 7.77. The maximum absolute atomic E-state index is 12.4. The first-order valence-corrected chi connectivity index (χ1v) is 9.31. The Hall–Kier alpha value is -3.31. The Morgan fingerprint density at radius 3 is 2.67 bits per heavy atom. The van der Waals surface area contributed by atoms with Crippen LogP contribution in [0, 0.1) is 0 Å². The van der Waals surface area contributed by atoms with Crippen molar-refractivity contribution in [2.24, 2.45) is 5.14 Å². The summed E-state index contributed by atoms with van der Waals surface area (Å²) in [5, 5.41) is 5.50. The van der Waals surface area contributed by atoms with E-state index in [1.165, 1.54) is 30.1 Å². The van der Waals surface area contributed by atoms with Crippen LogP contribution in [0.4, 0.5) is 0 Å². The monoisotopic (exact) mass is 386 g/mol. The number of aromatic amines is 1. The van der Waals surface area contributed by atoms with Crippen LogP contribution in [-0.2, 0) is 16.6 Å². The van der Waals surface area contributed by atoms with Crippen molar-refractivity contribution >= 4 is 32.1 Å². The van der Waals surface area contributed by atoms with Crippen LogP contribution in [0.3, 0.4) is 0 Å². The van der Waals surface area contributed by atoms with E-state index in [0.29, 0.717) is 33.5 Å². The number of rotatable bonds is 4. The summed E-state index contributed by atoms with van der Waals surface area (Å²) in [5.74, 6) is 0.418. The first-order chi connectivity index (χ1) is 12.9. The van der Waals surface area contributed by atoms with Crippen LogP contribution in [0.1, 0.15) is 5.56 Å². The quantitative estimate of drug-likeness (QED) is 0.515. The van der Waals surface area contributed by atoms with E-state index in [9.17, 15) is 13.2 Å². The Morgan fingerprint density at radius 1 is 1.19 bits per heavy atom. The SMILES string of the molecule is COc1ccc2c(ncc3[nH]c(=O)n(Cc4ccc(S(N)(=O)=O)nc4)c32)n1. The highest BCUT2D eigenvalue weighted by Gasteiger charge is 2.14. The van der Waals surface area contributed by atoms with Gasteiger partial charge in [0.1, 0.15) is 0 Å². The third kappa shape index (κ3) is 3.02. The van der Waals surface area contributed by atoms with Crippen molar-refractivity contribution in [2.75, 3.05) is 7.11 Å². The number of aromatic nitrogens is 5. The number of H-pyrrole nitrogens is 1. The van der Waals surface area contributed by atoms with Crippen molar-refractivity contribution in [3.63, 3.8) is 0 Å². The summed E-state index contributed by atoms with van der Waals surface area (Å²) in [6, 6.07) is 6.33. The van der Waals surface area contributed by atoms with Crippen LogP contribution in [0.25, 0.3) is 22.1 Å². The van der Waals surface area contributed by atoms with Crippen molar-refractivity contribution in [1.29, 1.82) is 0 Å². The number of hydrogen-bond donors (Lipinski definition) is 2. The lowest BCUT2D eigenvalue weighted by molar-refractivity contribution is 0.399. The summed E-state index contributed by atoms with van der Waals surface area (Å²) in [7, 11) is -2.36. The van der Waals surface area contributed by atoms with Crippen LogP contribution in [-0.4, -0.2) is 40.0 Å². The van der Waals surface area contributed by atoms with Crippen molar-refractivity contribution in [1.82, 2.24) is 24.5 Å². The summed E-state index contributed by atoms with van der Waals surface area (Å²) >= 11 is 0. The molecule has 4 aromatic heterocycles. The van der Waals surface area contributed by atoms with Crippen molar-refractivity contribution < 1.29 is 13.2 Å². The lowest BCUT2D eigenvalue weighted by Crippen LogP contribution is -2.18. The molecule has 0 saturated heterocycles. The standard InChI is InChI=1S/C16H14N6O4S/c1-26-12-4-3-10-14-11(7-19-15(10)21-12)20-16(23)22(14)8-9-2-5-13(18-6-9)27(17,24)25/h2-7H,8H2,1H3,(H,20,23)(H2,17,24,25).